The van der Waals surface area contributed by atoms with E-state index in [1.54, 1.807) is 68.9 Å². The van der Waals surface area contributed by atoms with Crippen LogP contribution < -0.4 is 5.32 Å². The lowest BCUT2D eigenvalue weighted by molar-refractivity contribution is 0.0510. The number of alkyl carbamates (subject to hydrolysis) is 1. The third kappa shape index (κ3) is 6.22. The number of pyridine rings is 1. The molecular formula is C28H31FN4O4. The van der Waals surface area contributed by atoms with Gasteiger partial charge in [-0.15, -0.1) is 0 Å². The van der Waals surface area contributed by atoms with Crippen molar-refractivity contribution in [3.05, 3.63) is 70.4 Å². The SMILES string of the molecule is CCOC(=O)c1c2c(nn1CCNC(=O)OC(C)(C)C)-c1cc(/C=C/c3ccccc3F)ncc1CC2. The van der Waals surface area contributed by atoms with Gasteiger partial charge in [-0.3, -0.25) is 9.67 Å². The van der Waals surface area contributed by atoms with E-state index < -0.39 is 17.7 Å². The van der Waals surface area contributed by atoms with Gasteiger partial charge in [-0.25, -0.2) is 14.0 Å². The van der Waals surface area contributed by atoms with Crippen LogP contribution in [0.25, 0.3) is 23.4 Å². The van der Waals surface area contributed by atoms with Crippen LogP contribution in [-0.2, 0) is 28.9 Å². The van der Waals surface area contributed by atoms with Gasteiger partial charge in [0.05, 0.1) is 24.5 Å². The predicted octanol–water partition coefficient (Wildman–Crippen LogP) is 5.05. The molecule has 0 saturated carbocycles. The second-order valence-electron chi connectivity index (χ2n) is 9.67. The Labute approximate surface area is 215 Å². The summed E-state index contributed by atoms with van der Waals surface area (Å²) in [5.41, 5.74) is 4.26. The maximum atomic E-state index is 14.0. The van der Waals surface area contributed by atoms with Crippen molar-refractivity contribution in [3.63, 3.8) is 0 Å². The number of aromatic nitrogens is 3. The monoisotopic (exact) mass is 506 g/mol. The van der Waals surface area contributed by atoms with Gasteiger partial charge in [0, 0.05) is 29.4 Å². The number of benzene rings is 1. The van der Waals surface area contributed by atoms with E-state index in [1.807, 2.05) is 6.07 Å². The van der Waals surface area contributed by atoms with E-state index in [0.717, 1.165) is 16.7 Å². The summed E-state index contributed by atoms with van der Waals surface area (Å²) >= 11 is 0. The maximum Gasteiger partial charge on any atom is 0.407 e. The molecule has 0 unspecified atom stereocenters. The molecule has 2 aromatic heterocycles. The van der Waals surface area contributed by atoms with E-state index in [9.17, 15) is 14.0 Å². The van der Waals surface area contributed by atoms with Crippen molar-refractivity contribution in [1.82, 2.24) is 20.1 Å². The van der Waals surface area contributed by atoms with Crippen LogP contribution in [0.3, 0.4) is 0 Å². The highest BCUT2D eigenvalue weighted by Crippen LogP contribution is 2.35. The Kier molecular flexibility index (Phi) is 7.71. The van der Waals surface area contributed by atoms with Crippen molar-refractivity contribution < 1.29 is 23.5 Å². The number of carbonyl (C=O) groups is 2. The Hall–Kier alpha value is -4.01. The van der Waals surface area contributed by atoms with Crippen LogP contribution in [0.15, 0.2) is 36.5 Å². The largest absolute Gasteiger partial charge is 0.461 e. The number of rotatable bonds is 7. The van der Waals surface area contributed by atoms with Crippen LogP contribution in [0.5, 0.6) is 0 Å². The summed E-state index contributed by atoms with van der Waals surface area (Å²) in [4.78, 5) is 29.5. The zero-order valence-corrected chi connectivity index (χ0v) is 21.5. The minimum atomic E-state index is -0.610. The first-order valence-electron chi connectivity index (χ1n) is 12.3. The van der Waals surface area contributed by atoms with Crippen molar-refractivity contribution in [2.45, 2.75) is 52.7 Å². The van der Waals surface area contributed by atoms with E-state index in [-0.39, 0.29) is 25.5 Å². The second-order valence-corrected chi connectivity index (χ2v) is 9.67. The Morgan fingerprint density at radius 2 is 1.97 bits per heavy atom. The average Bonchev–Trinajstić information content (AvgIpc) is 3.21. The molecule has 3 aromatic rings. The van der Waals surface area contributed by atoms with E-state index in [4.69, 9.17) is 14.6 Å². The predicted molar refractivity (Wildman–Crippen MR) is 138 cm³/mol. The number of nitrogens with zero attached hydrogens (tertiary/aromatic N) is 3. The van der Waals surface area contributed by atoms with Crippen molar-refractivity contribution in [3.8, 4) is 11.3 Å². The third-order valence-electron chi connectivity index (χ3n) is 5.76. The van der Waals surface area contributed by atoms with Crippen LogP contribution in [0.4, 0.5) is 9.18 Å². The van der Waals surface area contributed by atoms with Gasteiger partial charge in [0.2, 0.25) is 0 Å². The maximum absolute atomic E-state index is 14.0. The molecule has 2 heterocycles. The van der Waals surface area contributed by atoms with Crippen LogP contribution >= 0.6 is 0 Å². The second kappa shape index (κ2) is 10.9. The fourth-order valence-corrected chi connectivity index (χ4v) is 4.18. The number of hydrogen-bond acceptors (Lipinski definition) is 6. The molecule has 0 spiro atoms. The van der Waals surface area contributed by atoms with Crippen LogP contribution in [-0.4, -0.2) is 45.6 Å². The quantitative estimate of drug-likeness (QED) is 0.451. The summed E-state index contributed by atoms with van der Waals surface area (Å²) in [6.07, 6.45) is 6.00. The molecule has 0 fully saturated rings. The van der Waals surface area contributed by atoms with Gasteiger partial charge in [0.1, 0.15) is 17.1 Å². The molecule has 194 valence electrons. The molecule has 1 aliphatic carbocycles. The number of nitrogens with one attached hydrogen (secondary N) is 1. The number of esters is 1. The van der Waals surface area contributed by atoms with Gasteiger partial charge >= 0.3 is 12.1 Å². The van der Waals surface area contributed by atoms with Crippen LogP contribution in [0, 0.1) is 5.82 Å². The Balaban J connectivity index is 1.63. The molecule has 1 aromatic carbocycles. The highest BCUT2D eigenvalue weighted by molar-refractivity contribution is 5.92. The van der Waals surface area contributed by atoms with Gasteiger partial charge in [0.25, 0.3) is 0 Å². The van der Waals surface area contributed by atoms with Gasteiger partial charge in [0.15, 0.2) is 0 Å². The summed E-state index contributed by atoms with van der Waals surface area (Å²) in [5, 5.41) is 7.46. The first-order chi connectivity index (χ1) is 17.7. The lowest BCUT2D eigenvalue weighted by Gasteiger charge is -2.19. The zero-order chi connectivity index (χ0) is 26.6. The molecule has 4 rings (SSSR count). The van der Waals surface area contributed by atoms with Gasteiger partial charge < -0.3 is 14.8 Å². The summed E-state index contributed by atoms with van der Waals surface area (Å²) in [7, 11) is 0. The number of carbonyl (C=O) groups excluding carboxylic acids is 2. The van der Waals surface area contributed by atoms with Crippen LogP contribution in [0.1, 0.15) is 60.6 Å². The van der Waals surface area contributed by atoms with E-state index in [2.05, 4.69) is 10.3 Å². The minimum absolute atomic E-state index is 0.224. The first kappa shape index (κ1) is 26.1. The lowest BCUT2D eigenvalue weighted by Crippen LogP contribution is -2.34. The highest BCUT2D eigenvalue weighted by Gasteiger charge is 2.29. The molecular weight excluding hydrogens is 475 g/mol. The number of aryl methyl sites for hydroxylation is 1. The number of hydrogen-bond donors (Lipinski definition) is 1. The summed E-state index contributed by atoms with van der Waals surface area (Å²) in [6.45, 7) is 7.85. The van der Waals surface area contributed by atoms with Crippen molar-refractivity contribution in [2.75, 3.05) is 13.2 Å². The Bertz CT molecular complexity index is 1340. The van der Waals surface area contributed by atoms with Gasteiger partial charge in [-0.2, -0.15) is 5.10 Å². The number of halogens is 1. The van der Waals surface area contributed by atoms with E-state index >= 15 is 0 Å². The summed E-state index contributed by atoms with van der Waals surface area (Å²) in [5.74, 6) is -0.762. The van der Waals surface area contributed by atoms with Crippen molar-refractivity contribution >= 4 is 24.2 Å². The molecule has 0 radical (unpaired) electrons. The number of amides is 1. The molecule has 0 bridgehead atoms. The van der Waals surface area contributed by atoms with Crippen LogP contribution in [0.2, 0.25) is 0 Å². The van der Waals surface area contributed by atoms with Gasteiger partial charge in [-0.05, 0) is 70.4 Å². The highest BCUT2D eigenvalue weighted by atomic mass is 19.1. The normalized spacial score (nSPS) is 12.7. The average molecular weight is 507 g/mol. The molecule has 9 heteroatoms. The Morgan fingerprint density at radius 1 is 1.19 bits per heavy atom. The zero-order valence-electron chi connectivity index (χ0n) is 21.5. The molecule has 1 amide bonds. The van der Waals surface area contributed by atoms with Crippen molar-refractivity contribution in [1.29, 1.82) is 0 Å². The molecule has 0 atom stereocenters. The molecule has 8 nitrogen and oxygen atoms in total. The molecule has 1 N–H and O–H groups in total. The van der Waals surface area contributed by atoms with Gasteiger partial charge in [-0.1, -0.05) is 18.2 Å². The van der Waals surface area contributed by atoms with Crippen molar-refractivity contribution in [2.24, 2.45) is 0 Å². The smallest absolute Gasteiger partial charge is 0.407 e. The standard InChI is InChI=1S/C28H31FN4O4/c1-5-36-26(34)25-21-13-11-19-17-31-20(12-10-18-8-6-7-9-23(18)29)16-22(19)24(21)32-33(25)15-14-30-27(35)37-28(2,3)4/h6-10,12,16-17H,5,11,13-15H2,1-4H3,(H,30,35)/b12-10+. The van der Waals surface area contributed by atoms with E-state index in [1.165, 1.54) is 6.07 Å². The first-order valence-corrected chi connectivity index (χ1v) is 12.3. The lowest BCUT2D eigenvalue weighted by atomic mass is 9.89. The fraction of sp³-hybridized carbons (Fsp3) is 0.357. The molecule has 0 saturated heterocycles. The molecule has 0 aliphatic heterocycles. The number of ether oxygens (including phenoxy) is 2. The third-order valence-corrected chi connectivity index (χ3v) is 5.76. The molecule has 37 heavy (non-hydrogen) atoms. The summed E-state index contributed by atoms with van der Waals surface area (Å²) < 4.78 is 26.2. The Morgan fingerprint density at radius 3 is 2.70 bits per heavy atom. The minimum Gasteiger partial charge on any atom is -0.461 e. The number of fused-ring (bicyclic) bond motifs is 3. The topological polar surface area (TPSA) is 95.3 Å². The molecule has 1 aliphatic rings. The summed E-state index contributed by atoms with van der Waals surface area (Å²) in [6, 6.07) is 8.42. The van der Waals surface area contributed by atoms with E-state index in [0.29, 0.717) is 35.5 Å². The fourth-order valence-electron chi connectivity index (χ4n) is 4.18.